The lowest BCUT2D eigenvalue weighted by atomic mass is 9.94. The third-order valence-electron chi connectivity index (χ3n) is 4.49. The van der Waals surface area contributed by atoms with Gasteiger partial charge in [-0.05, 0) is 37.0 Å². The van der Waals surface area contributed by atoms with Crippen molar-refractivity contribution in [3.8, 4) is 0 Å². The number of hydrogen-bond acceptors (Lipinski definition) is 2. The number of benzene rings is 2. The largest absolute Gasteiger partial charge is 0.454 e. The summed E-state index contributed by atoms with van der Waals surface area (Å²) in [5.41, 5.74) is 2.20. The van der Waals surface area contributed by atoms with Gasteiger partial charge in [0.15, 0.2) is 0 Å². The minimum atomic E-state index is 0.101. The summed E-state index contributed by atoms with van der Waals surface area (Å²) in [5.74, 6) is 0. The molecule has 2 aromatic carbocycles. The van der Waals surface area contributed by atoms with Crippen molar-refractivity contribution in [2.24, 2.45) is 4.99 Å². The molecule has 2 aromatic rings. The first-order valence-corrected chi connectivity index (χ1v) is 8.04. The van der Waals surface area contributed by atoms with Crippen molar-refractivity contribution in [1.29, 1.82) is 0 Å². The van der Waals surface area contributed by atoms with Crippen molar-refractivity contribution in [3.05, 3.63) is 66.2 Å². The maximum Gasteiger partial charge on any atom is 0.293 e. The van der Waals surface area contributed by atoms with Gasteiger partial charge < -0.3 is 9.64 Å². The minimum absolute atomic E-state index is 0.101. The van der Waals surface area contributed by atoms with Crippen LogP contribution in [-0.2, 0) is 4.74 Å². The molecule has 2 heterocycles. The van der Waals surface area contributed by atoms with Crippen molar-refractivity contribution in [1.82, 2.24) is 4.90 Å². The van der Waals surface area contributed by atoms with Gasteiger partial charge in [-0.2, -0.15) is 4.99 Å². The Morgan fingerprint density at radius 3 is 2.41 bits per heavy atom. The van der Waals surface area contributed by atoms with Crippen LogP contribution in [0.2, 0.25) is 0 Å². The van der Waals surface area contributed by atoms with Crippen LogP contribution < -0.4 is 0 Å². The second-order valence-corrected chi connectivity index (χ2v) is 5.94. The summed E-state index contributed by atoms with van der Waals surface area (Å²) in [6.07, 6.45) is 3.76. The smallest absolute Gasteiger partial charge is 0.293 e. The van der Waals surface area contributed by atoms with E-state index in [0.717, 1.165) is 18.3 Å². The lowest BCUT2D eigenvalue weighted by Crippen LogP contribution is -2.38. The fraction of sp³-hybridized carbons (Fsp3) is 0.316. The molecule has 3 nitrogen and oxygen atoms in total. The predicted molar refractivity (Wildman–Crippen MR) is 88.2 cm³/mol. The highest BCUT2D eigenvalue weighted by Gasteiger charge is 2.42. The monoisotopic (exact) mass is 292 g/mol. The number of fused-ring (bicyclic) bond motifs is 1. The molecule has 2 saturated heterocycles. The van der Waals surface area contributed by atoms with Gasteiger partial charge in [0.05, 0.1) is 11.7 Å². The quantitative estimate of drug-likeness (QED) is 0.824. The summed E-state index contributed by atoms with van der Waals surface area (Å²) in [7, 11) is 0. The zero-order valence-corrected chi connectivity index (χ0v) is 12.6. The van der Waals surface area contributed by atoms with Gasteiger partial charge in [0.25, 0.3) is 6.02 Å². The van der Waals surface area contributed by atoms with Gasteiger partial charge >= 0.3 is 0 Å². The number of amidine groups is 1. The van der Waals surface area contributed by atoms with Crippen LogP contribution in [0.1, 0.15) is 30.9 Å². The number of para-hydroxylation sites is 1. The highest BCUT2D eigenvalue weighted by molar-refractivity contribution is 5.80. The van der Waals surface area contributed by atoms with E-state index in [2.05, 4.69) is 35.2 Å². The maximum atomic E-state index is 6.27. The lowest BCUT2D eigenvalue weighted by molar-refractivity contribution is 0.168. The maximum absolute atomic E-state index is 6.27. The molecule has 2 unspecified atom stereocenters. The molecular formula is C19H20N2O. The Labute approximate surface area is 131 Å². The van der Waals surface area contributed by atoms with Gasteiger partial charge in [0.1, 0.15) is 6.10 Å². The molecule has 2 aliphatic heterocycles. The van der Waals surface area contributed by atoms with Crippen molar-refractivity contribution in [2.75, 3.05) is 6.54 Å². The average Bonchev–Trinajstić information content (AvgIpc) is 2.96. The Bertz CT molecular complexity index is 654. The molecule has 0 saturated carbocycles. The van der Waals surface area contributed by atoms with E-state index in [-0.39, 0.29) is 6.10 Å². The Hall–Kier alpha value is -2.29. The predicted octanol–water partition coefficient (Wildman–Crippen LogP) is 4.30. The summed E-state index contributed by atoms with van der Waals surface area (Å²) >= 11 is 0. The van der Waals surface area contributed by atoms with E-state index >= 15 is 0 Å². The number of nitrogens with zero attached hydrogens (tertiary/aromatic N) is 2. The van der Waals surface area contributed by atoms with Gasteiger partial charge in [-0.15, -0.1) is 0 Å². The van der Waals surface area contributed by atoms with E-state index in [4.69, 9.17) is 9.73 Å². The minimum Gasteiger partial charge on any atom is -0.454 e. The van der Waals surface area contributed by atoms with Crippen LogP contribution in [0.4, 0.5) is 5.69 Å². The first-order chi connectivity index (χ1) is 10.9. The molecule has 0 aromatic heterocycles. The van der Waals surface area contributed by atoms with E-state index in [0.29, 0.717) is 6.04 Å². The van der Waals surface area contributed by atoms with Crippen molar-refractivity contribution >= 4 is 11.7 Å². The molecule has 112 valence electrons. The molecule has 0 aliphatic carbocycles. The number of piperidine rings is 1. The highest BCUT2D eigenvalue weighted by atomic mass is 16.5. The van der Waals surface area contributed by atoms with E-state index in [1.54, 1.807) is 0 Å². The Morgan fingerprint density at radius 1 is 0.909 bits per heavy atom. The summed E-state index contributed by atoms with van der Waals surface area (Å²) < 4.78 is 6.27. The highest BCUT2D eigenvalue weighted by Crippen LogP contribution is 2.38. The molecule has 0 spiro atoms. The van der Waals surface area contributed by atoms with Crippen LogP contribution in [0.5, 0.6) is 0 Å². The second-order valence-electron chi connectivity index (χ2n) is 5.94. The zero-order chi connectivity index (χ0) is 14.8. The van der Waals surface area contributed by atoms with E-state index in [1.165, 1.54) is 24.8 Å². The van der Waals surface area contributed by atoms with E-state index in [1.807, 2.05) is 30.3 Å². The number of rotatable bonds is 2. The number of hydrogen-bond donors (Lipinski definition) is 0. The fourth-order valence-corrected chi connectivity index (χ4v) is 3.41. The molecule has 2 atom stereocenters. The second kappa shape index (κ2) is 5.84. The molecule has 2 fully saturated rings. The van der Waals surface area contributed by atoms with Crippen LogP contribution in [0.3, 0.4) is 0 Å². The molecule has 0 amide bonds. The lowest BCUT2D eigenvalue weighted by Gasteiger charge is -2.30. The van der Waals surface area contributed by atoms with E-state index in [9.17, 15) is 0 Å². The van der Waals surface area contributed by atoms with Crippen molar-refractivity contribution in [2.45, 2.75) is 31.4 Å². The molecule has 0 N–H and O–H groups in total. The zero-order valence-electron chi connectivity index (χ0n) is 12.6. The standard InChI is InChI=1S/C19H20N2O/c1-3-9-15(10-4-1)18-17-13-7-8-14-21(17)19(22-18)20-16-11-5-2-6-12-16/h1-6,9-12,17-18H,7-8,13-14H2. The van der Waals surface area contributed by atoms with E-state index < -0.39 is 0 Å². The van der Waals surface area contributed by atoms with Gasteiger partial charge in [0, 0.05) is 6.54 Å². The summed E-state index contributed by atoms with van der Waals surface area (Å²) in [5, 5.41) is 0. The molecule has 22 heavy (non-hydrogen) atoms. The van der Waals surface area contributed by atoms with Crippen molar-refractivity contribution in [3.63, 3.8) is 0 Å². The van der Waals surface area contributed by atoms with Crippen LogP contribution in [0.25, 0.3) is 0 Å². The number of ether oxygens (including phenoxy) is 1. The van der Waals surface area contributed by atoms with Crippen molar-refractivity contribution < 1.29 is 4.74 Å². The molecule has 0 bridgehead atoms. The third kappa shape index (κ3) is 2.47. The first kappa shape index (κ1) is 13.4. The molecule has 4 rings (SSSR count). The molecule has 0 radical (unpaired) electrons. The summed E-state index contributed by atoms with van der Waals surface area (Å²) in [6, 6.07) is 21.8. The SMILES string of the molecule is c1ccc(N=C2OC(c3ccccc3)C3CCCCN23)cc1. The third-order valence-corrected chi connectivity index (χ3v) is 4.49. The van der Waals surface area contributed by atoms with Crippen LogP contribution >= 0.6 is 0 Å². The molecule has 3 heteroatoms. The van der Waals surface area contributed by atoms with Crippen LogP contribution in [0.15, 0.2) is 65.7 Å². The normalized spacial score (nSPS) is 25.8. The van der Waals surface area contributed by atoms with Gasteiger partial charge in [-0.3, -0.25) is 0 Å². The topological polar surface area (TPSA) is 24.8 Å². The van der Waals surface area contributed by atoms with Crippen LogP contribution in [0, 0.1) is 0 Å². The number of aliphatic imine (C=N–C) groups is 1. The first-order valence-electron chi connectivity index (χ1n) is 8.04. The Balaban J connectivity index is 1.67. The average molecular weight is 292 g/mol. The van der Waals surface area contributed by atoms with Gasteiger partial charge in [0.2, 0.25) is 0 Å². The molecule has 2 aliphatic rings. The summed E-state index contributed by atoms with van der Waals surface area (Å²) in [4.78, 5) is 7.09. The van der Waals surface area contributed by atoms with Gasteiger partial charge in [-0.1, -0.05) is 48.5 Å². The summed E-state index contributed by atoms with van der Waals surface area (Å²) in [6.45, 7) is 1.04. The van der Waals surface area contributed by atoms with Gasteiger partial charge in [-0.25, -0.2) is 0 Å². The Morgan fingerprint density at radius 2 is 1.64 bits per heavy atom. The molecular weight excluding hydrogens is 272 g/mol. The van der Waals surface area contributed by atoms with Crippen LogP contribution in [-0.4, -0.2) is 23.5 Å². The Kier molecular flexibility index (Phi) is 3.55. The fourth-order valence-electron chi connectivity index (χ4n) is 3.41.